The number of benzene rings is 1. The zero-order valence-electron chi connectivity index (χ0n) is 11.9. The molecule has 0 radical (unpaired) electrons. The Bertz CT molecular complexity index is 733. The first-order chi connectivity index (χ1) is 10.6. The summed E-state index contributed by atoms with van der Waals surface area (Å²) in [5.41, 5.74) is 1.69. The Balaban J connectivity index is 2.20. The van der Waals surface area contributed by atoms with Crippen LogP contribution in [0.25, 0.3) is 0 Å². The van der Waals surface area contributed by atoms with Crippen LogP contribution in [0.5, 0.6) is 11.5 Å². The number of hydrogen-bond acceptors (Lipinski definition) is 5. The molecule has 0 fully saturated rings. The van der Waals surface area contributed by atoms with E-state index in [9.17, 15) is 9.59 Å². The van der Waals surface area contributed by atoms with E-state index in [-0.39, 0.29) is 12.2 Å². The van der Waals surface area contributed by atoms with E-state index in [1.54, 1.807) is 18.2 Å². The SMILES string of the molecule is COc1c(CC(=O)O)cc2c(c1C(=O)c1cccs1)OCC2. The van der Waals surface area contributed by atoms with Gasteiger partial charge in [-0.3, -0.25) is 9.59 Å². The number of fused-ring (bicyclic) bond motifs is 1. The average molecular weight is 318 g/mol. The van der Waals surface area contributed by atoms with E-state index in [0.29, 0.717) is 40.5 Å². The number of ether oxygens (including phenoxy) is 2. The van der Waals surface area contributed by atoms with Crippen molar-refractivity contribution in [3.05, 3.63) is 45.1 Å². The molecule has 0 unspecified atom stereocenters. The van der Waals surface area contributed by atoms with Crippen molar-refractivity contribution in [1.29, 1.82) is 0 Å². The van der Waals surface area contributed by atoms with Gasteiger partial charge in [-0.25, -0.2) is 0 Å². The van der Waals surface area contributed by atoms with Crippen LogP contribution in [0.15, 0.2) is 23.6 Å². The standard InChI is InChI=1S/C16H14O5S/c1-20-15-10(8-12(17)18)7-9-4-5-21-16(9)13(15)14(19)11-3-2-6-22-11/h2-3,6-7H,4-5,8H2,1H3,(H,17,18). The zero-order valence-corrected chi connectivity index (χ0v) is 12.7. The van der Waals surface area contributed by atoms with Crippen molar-refractivity contribution in [2.45, 2.75) is 12.8 Å². The molecule has 1 N–H and O–H groups in total. The molecule has 1 aromatic carbocycles. The molecule has 0 amide bonds. The monoisotopic (exact) mass is 318 g/mol. The highest BCUT2D eigenvalue weighted by molar-refractivity contribution is 7.12. The number of methoxy groups -OCH3 is 1. The molecule has 0 bridgehead atoms. The van der Waals surface area contributed by atoms with Gasteiger partial charge in [0, 0.05) is 12.0 Å². The van der Waals surface area contributed by atoms with Crippen LogP contribution in [-0.4, -0.2) is 30.6 Å². The molecule has 2 aromatic rings. The number of carboxylic acid groups (broad SMARTS) is 1. The normalized spacial score (nSPS) is 12.6. The van der Waals surface area contributed by atoms with Crippen LogP contribution < -0.4 is 9.47 Å². The maximum absolute atomic E-state index is 12.8. The molecule has 2 heterocycles. The van der Waals surface area contributed by atoms with E-state index in [2.05, 4.69) is 0 Å². The summed E-state index contributed by atoms with van der Waals surface area (Å²) < 4.78 is 11.0. The van der Waals surface area contributed by atoms with Crippen molar-refractivity contribution < 1.29 is 24.2 Å². The fourth-order valence-corrected chi connectivity index (χ4v) is 3.31. The van der Waals surface area contributed by atoms with Gasteiger partial charge in [-0.2, -0.15) is 0 Å². The quantitative estimate of drug-likeness (QED) is 0.858. The molecule has 1 aliphatic heterocycles. The molecule has 0 atom stereocenters. The Morgan fingerprint density at radius 1 is 1.45 bits per heavy atom. The third-order valence-corrected chi connectivity index (χ3v) is 4.39. The predicted molar refractivity (Wildman–Crippen MR) is 81.3 cm³/mol. The number of carbonyl (C=O) groups excluding carboxylic acids is 1. The highest BCUT2D eigenvalue weighted by Crippen LogP contribution is 2.41. The fraction of sp³-hybridized carbons (Fsp3) is 0.250. The Labute approximate surface area is 131 Å². The van der Waals surface area contributed by atoms with Gasteiger partial charge in [0.25, 0.3) is 0 Å². The minimum absolute atomic E-state index is 0.193. The zero-order chi connectivity index (χ0) is 15.7. The van der Waals surface area contributed by atoms with Crippen LogP contribution in [0.2, 0.25) is 0 Å². The molecule has 1 aliphatic rings. The number of rotatable bonds is 5. The van der Waals surface area contributed by atoms with Crippen LogP contribution in [0.1, 0.15) is 26.4 Å². The third kappa shape index (κ3) is 2.46. The third-order valence-electron chi connectivity index (χ3n) is 3.52. The van der Waals surface area contributed by atoms with Crippen LogP contribution in [-0.2, 0) is 17.6 Å². The predicted octanol–water partition coefficient (Wildman–Crippen LogP) is 2.55. The number of ketones is 1. The molecule has 5 nitrogen and oxygen atoms in total. The molecule has 114 valence electrons. The molecule has 1 aromatic heterocycles. The molecule has 6 heteroatoms. The van der Waals surface area contributed by atoms with Crippen LogP contribution in [0.3, 0.4) is 0 Å². The minimum atomic E-state index is -0.966. The van der Waals surface area contributed by atoms with Crippen molar-refractivity contribution in [2.24, 2.45) is 0 Å². The minimum Gasteiger partial charge on any atom is -0.496 e. The van der Waals surface area contributed by atoms with Gasteiger partial charge in [0.15, 0.2) is 0 Å². The van der Waals surface area contributed by atoms with E-state index in [1.807, 2.05) is 5.38 Å². The molecule has 0 spiro atoms. The van der Waals surface area contributed by atoms with Gasteiger partial charge in [-0.1, -0.05) is 6.07 Å². The average Bonchev–Trinajstić information content (AvgIpc) is 3.15. The summed E-state index contributed by atoms with van der Waals surface area (Å²) in [6.45, 7) is 0.486. The first-order valence-corrected chi connectivity index (χ1v) is 7.65. The van der Waals surface area contributed by atoms with Crippen LogP contribution in [0.4, 0.5) is 0 Å². The highest BCUT2D eigenvalue weighted by Gasteiger charge is 2.29. The topological polar surface area (TPSA) is 72.8 Å². The van der Waals surface area contributed by atoms with Gasteiger partial charge in [-0.05, 0) is 23.1 Å². The summed E-state index contributed by atoms with van der Waals surface area (Å²) >= 11 is 1.33. The van der Waals surface area contributed by atoms with E-state index in [1.165, 1.54) is 18.4 Å². The van der Waals surface area contributed by atoms with E-state index < -0.39 is 5.97 Å². The van der Waals surface area contributed by atoms with Gasteiger partial charge in [0.2, 0.25) is 5.78 Å². The second-order valence-corrected chi connectivity index (χ2v) is 5.86. The lowest BCUT2D eigenvalue weighted by molar-refractivity contribution is -0.136. The van der Waals surface area contributed by atoms with Crippen molar-refractivity contribution in [3.8, 4) is 11.5 Å². The maximum atomic E-state index is 12.8. The summed E-state index contributed by atoms with van der Waals surface area (Å²) in [5, 5.41) is 10.9. The van der Waals surface area contributed by atoms with Crippen molar-refractivity contribution in [1.82, 2.24) is 0 Å². The highest BCUT2D eigenvalue weighted by atomic mass is 32.1. The maximum Gasteiger partial charge on any atom is 0.307 e. The first kappa shape index (κ1) is 14.6. The number of thiophene rings is 1. The molecular formula is C16H14O5S. The largest absolute Gasteiger partial charge is 0.496 e. The van der Waals surface area contributed by atoms with Gasteiger partial charge in [-0.15, -0.1) is 11.3 Å². The summed E-state index contributed by atoms with van der Waals surface area (Å²) in [6.07, 6.45) is 0.470. The van der Waals surface area contributed by atoms with Gasteiger partial charge >= 0.3 is 5.97 Å². The second kappa shape index (κ2) is 5.81. The Morgan fingerprint density at radius 2 is 2.27 bits per heavy atom. The summed E-state index contributed by atoms with van der Waals surface area (Å²) in [7, 11) is 1.44. The van der Waals surface area contributed by atoms with E-state index >= 15 is 0 Å². The van der Waals surface area contributed by atoms with Crippen molar-refractivity contribution in [2.75, 3.05) is 13.7 Å². The van der Waals surface area contributed by atoms with Gasteiger partial charge in [0.05, 0.1) is 25.0 Å². The number of carbonyl (C=O) groups is 2. The lowest BCUT2D eigenvalue weighted by Crippen LogP contribution is -2.10. The first-order valence-electron chi connectivity index (χ1n) is 6.77. The van der Waals surface area contributed by atoms with Crippen molar-refractivity contribution >= 4 is 23.1 Å². The lowest BCUT2D eigenvalue weighted by Gasteiger charge is -2.15. The van der Waals surface area contributed by atoms with Crippen LogP contribution in [0, 0.1) is 0 Å². The fourth-order valence-electron chi connectivity index (χ4n) is 2.64. The smallest absolute Gasteiger partial charge is 0.307 e. The van der Waals surface area contributed by atoms with Crippen molar-refractivity contribution in [3.63, 3.8) is 0 Å². The molecule has 3 rings (SSSR count). The molecule has 0 saturated heterocycles. The summed E-state index contributed by atoms with van der Waals surface area (Å²) in [6, 6.07) is 5.30. The number of carboxylic acids is 1. The molecule has 22 heavy (non-hydrogen) atoms. The summed E-state index contributed by atoms with van der Waals surface area (Å²) in [5.74, 6) is -0.352. The Kier molecular flexibility index (Phi) is 3.85. The van der Waals surface area contributed by atoms with Gasteiger partial charge < -0.3 is 14.6 Å². The second-order valence-electron chi connectivity index (χ2n) is 4.91. The Morgan fingerprint density at radius 3 is 2.91 bits per heavy atom. The number of aliphatic carboxylic acids is 1. The van der Waals surface area contributed by atoms with Crippen LogP contribution >= 0.6 is 11.3 Å². The van der Waals surface area contributed by atoms with Gasteiger partial charge in [0.1, 0.15) is 17.1 Å². The molecular weight excluding hydrogens is 304 g/mol. The lowest BCUT2D eigenvalue weighted by atomic mass is 9.96. The summed E-state index contributed by atoms with van der Waals surface area (Å²) in [4.78, 5) is 24.4. The van der Waals surface area contributed by atoms with E-state index in [4.69, 9.17) is 14.6 Å². The number of hydrogen-bond donors (Lipinski definition) is 1. The van der Waals surface area contributed by atoms with E-state index in [0.717, 1.165) is 5.56 Å². The molecule has 0 saturated carbocycles. The molecule has 0 aliphatic carbocycles. The Hall–Kier alpha value is -2.34.